The normalized spacial score (nSPS) is 19.3. The summed E-state index contributed by atoms with van der Waals surface area (Å²) < 4.78 is 5.08. The number of amides is 2. The molecule has 0 bridgehead atoms. The Bertz CT molecular complexity index is 543. The molecule has 1 saturated carbocycles. The zero-order chi connectivity index (χ0) is 16.8. The third kappa shape index (κ3) is 5.25. The quantitative estimate of drug-likeness (QED) is 0.709. The average molecular weight is 319 g/mol. The lowest BCUT2D eigenvalue weighted by molar-refractivity contribution is -0.125. The van der Waals surface area contributed by atoms with Crippen molar-refractivity contribution in [3.05, 3.63) is 24.3 Å². The maximum absolute atomic E-state index is 12.1. The van der Waals surface area contributed by atoms with Gasteiger partial charge in [0.25, 0.3) is 0 Å². The van der Waals surface area contributed by atoms with Crippen molar-refractivity contribution in [2.75, 3.05) is 39.6 Å². The number of nitrogens with zero attached hydrogens (tertiary/aromatic N) is 1. The third-order valence-electron chi connectivity index (χ3n) is 3.90. The molecule has 6 nitrogen and oxygen atoms in total. The van der Waals surface area contributed by atoms with E-state index in [0.717, 1.165) is 18.7 Å². The van der Waals surface area contributed by atoms with Crippen LogP contribution in [-0.2, 0) is 9.59 Å². The summed E-state index contributed by atoms with van der Waals surface area (Å²) in [6.07, 6.45) is 1.54. The van der Waals surface area contributed by atoms with Crippen LogP contribution in [0.2, 0.25) is 0 Å². The van der Waals surface area contributed by atoms with Crippen LogP contribution < -0.4 is 15.4 Å². The molecule has 2 N–H and O–H groups in total. The first kappa shape index (κ1) is 17.3. The molecule has 6 heteroatoms. The van der Waals surface area contributed by atoms with Crippen LogP contribution >= 0.6 is 0 Å². The van der Waals surface area contributed by atoms with Crippen LogP contribution in [0.3, 0.4) is 0 Å². The van der Waals surface area contributed by atoms with Gasteiger partial charge < -0.3 is 20.3 Å². The van der Waals surface area contributed by atoms with E-state index in [0.29, 0.717) is 18.7 Å². The summed E-state index contributed by atoms with van der Waals surface area (Å²) in [6, 6.07) is 7.15. The van der Waals surface area contributed by atoms with Crippen LogP contribution in [0.25, 0.3) is 0 Å². The average Bonchev–Trinajstić information content (AvgIpc) is 3.32. The number of ether oxygens (including phenoxy) is 1. The fourth-order valence-corrected chi connectivity index (χ4v) is 2.42. The predicted molar refractivity (Wildman–Crippen MR) is 89.4 cm³/mol. The summed E-state index contributed by atoms with van der Waals surface area (Å²) in [5, 5.41) is 5.74. The standard InChI is InChI=1S/C17H25N3O3/c1-20(2)10-4-9-18-16(21)14-11-15(14)17(22)19-12-5-7-13(23-3)8-6-12/h5-8,14-15H,4,9-11H2,1-3H3,(H,18,21)(H,19,22). The van der Waals surface area contributed by atoms with Crippen LogP contribution in [0.4, 0.5) is 5.69 Å². The lowest BCUT2D eigenvalue weighted by atomic mass is 10.2. The number of hydrogen-bond donors (Lipinski definition) is 2. The fraction of sp³-hybridized carbons (Fsp3) is 0.529. The molecule has 0 aliphatic heterocycles. The lowest BCUT2D eigenvalue weighted by Crippen LogP contribution is -2.30. The molecule has 1 aromatic rings. The molecule has 1 aliphatic rings. The summed E-state index contributed by atoms with van der Waals surface area (Å²) >= 11 is 0. The molecule has 0 heterocycles. The van der Waals surface area contributed by atoms with Gasteiger partial charge in [-0.05, 0) is 57.7 Å². The van der Waals surface area contributed by atoms with Crippen LogP contribution in [0.5, 0.6) is 5.75 Å². The molecule has 2 rings (SSSR count). The Kier molecular flexibility index (Phi) is 5.98. The van der Waals surface area contributed by atoms with Gasteiger partial charge >= 0.3 is 0 Å². The van der Waals surface area contributed by atoms with Gasteiger partial charge in [-0.15, -0.1) is 0 Å². The largest absolute Gasteiger partial charge is 0.497 e. The lowest BCUT2D eigenvalue weighted by Gasteiger charge is -2.10. The first-order valence-corrected chi connectivity index (χ1v) is 7.88. The minimum Gasteiger partial charge on any atom is -0.497 e. The monoisotopic (exact) mass is 319 g/mol. The summed E-state index contributed by atoms with van der Waals surface area (Å²) in [6.45, 7) is 1.59. The second-order valence-corrected chi connectivity index (χ2v) is 6.11. The van der Waals surface area contributed by atoms with E-state index in [1.54, 1.807) is 31.4 Å². The number of methoxy groups -OCH3 is 1. The number of nitrogens with one attached hydrogen (secondary N) is 2. The van der Waals surface area contributed by atoms with Crippen LogP contribution in [0.15, 0.2) is 24.3 Å². The molecule has 1 fully saturated rings. The predicted octanol–water partition coefficient (Wildman–Crippen LogP) is 1.34. The van der Waals surface area contributed by atoms with Gasteiger partial charge in [-0.3, -0.25) is 9.59 Å². The maximum atomic E-state index is 12.1. The van der Waals surface area contributed by atoms with Gasteiger partial charge in [0.15, 0.2) is 0 Å². The molecule has 0 radical (unpaired) electrons. The molecule has 1 aliphatic carbocycles. The highest BCUT2D eigenvalue weighted by molar-refractivity contribution is 5.99. The van der Waals surface area contributed by atoms with Crippen molar-refractivity contribution in [2.45, 2.75) is 12.8 Å². The van der Waals surface area contributed by atoms with Gasteiger partial charge in [0.2, 0.25) is 11.8 Å². The minimum atomic E-state index is -0.217. The van der Waals surface area contributed by atoms with E-state index in [2.05, 4.69) is 15.5 Å². The van der Waals surface area contributed by atoms with E-state index in [-0.39, 0.29) is 23.7 Å². The molecule has 126 valence electrons. The van der Waals surface area contributed by atoms with Crippen molar-refractivity contribution in [1.29, 1.82) is 0 Å². The van der Waals surface area contributed by atoms with E-state index in [1.807, 2.05) is 14.1 Å². The van der Waals surface area contributed by atoms with E-state index < -0.39 is 0 Å². The SMILES string of the molecule is COc1ccc(NC(=O)C2CC2C(=O)NCCCN(C)C)cc1. The highest BCUT2D eigenvalue weighted by atomic mass is 16.5. The minimum absolute atomic E-state index is 0.0152. The topological polar surface area (TPSA) is 70.7 Å². The summed E-state index contributed by atoms with van der Waals surface area (Å²) in [5.41, 5.74) is 0.716. The summed E-state index contributed by atoms with van der Waals surface area (Å²) in [4.78, 5) is 26.2. The second kappa shape index (κ2) is 7.97. The Morgan fingerprint density at radius 3 is 2.43 bits per heavy atom. The fourth-order valence-electron chi connectivity index (χ4n) is 2.42. The van der Waals surface area contributed by atoms with Crippen molar-refractivity contribution in [3.63, 3.8) is 0 Å². The van der Waals surface area contributed by atoms with Gasteiger partial charge in [0.1, 0.15) is 5.75 Å². The van der Waals surface area contributed by atoms with E-state index >= 15 is 0 Å². The smallest absolute Gasteiger partial charge is 0.228 e. The van der Waals surface area contributed by atoms with Crippen molar-refractivity contribution < 1.29 is 14.3 Å². The van der Waals surface area contributed by atoms with Gasteiger partial charge in [-0.25, -0.2) is 0 Å². The number of benzene rings is 1. The Hall–Kier alpha value is -2.08. The third-order valence-corrected chi connectivity index (χ3v) is 3.90. The molecule has 0 saturated heterocycles. The maximum Gasteiger partial charge on any atom is 0.228 e. The number of carbonyl (C=O) groups excluding carboxylic acids is 2. The Morgan fingerprint density at radius 1 is 1.17 bits per heavy atom. The molecule has 1 aromatic carbocycles. The molecule has 2 atom stereocenters. The Balaban J connectivity index is 1.71. The number of rotatable bonds is 8. The zero-order valence-corrected chi connectivity index (χ0v) is 14.0. The van der Waals surface area contributed by atoms with Gasteiger partial charge in [-0.1, -0.05) is 0 Å². The van der Waals surface area contributed by atoms with Gasteiger partial charge in [0.05, 0.1) is 18.9 Å². The van der Waals surface area contributed by atoms with Gasteiger partial charge in [-0.2, -0.15) is 0 Å². The number of carbonyl (C=O) groups is 2. The van der Waals surface area contributed by atoms with Crippen molar-refractivity contribution in [3.8, 4) is 5.75 Å². The molecule has 23 heavy (non-hydrogen) atoms. The Labute approximate surface area is 137 Å². The van der Waals surface area contributed by atoms with Crippen LogP contribution in [0.1, 0.15) is 12.8 Å². The highest BCUT2D eigenvalue weighted by Crippen LogP contribution is 2.39. The highest BCUT2D eigenvalue weighted by Gasteiger charge is 2.47. The molecule has 2 amide bonds. The second-order valence-electron chi connectivity index (χ2n) is 6.11. The molecule has 0 spiro atoms. The van der Waals surface area contributed by atoms with Crippen LogP contribution in [-0.4, -0.2) is 51.0 Å². The first-order valence-electron chi connectivity index (χ1n) is 7.88. The Morgan fingerprint density at radius 2 is 1.83 bits per heavy atom. The number of anilines is 1. The first-order chi connectivity index (χ1) is 11.0. The zero-order valence-electron chi connectivity index (χ0n) is 14.0. The van der Waals surface area contributed by atoms with Crippen molar-refractivity contribution in [2.24, 2.45) is 11.8 Å². The van der Waals surface area contributed by atoms with E-state index in [1.165, 1.54) is 0 Å². The van der Waals surface area contributed by atoms with Crippen LogP contribution in [0, 0.1) is 11.8 Å². The van der Waals surface area contributed by atoms with Crippen molar-refractivity contribution >= 4 is 17.5 Å². The number of hydrogen-bond acceptors (Lipinski definition) is 4. The molecule has 0 aromatic heterocycles. The van der Waals surface area contributed by atoms with E-state index in [9.17, 15) is 9.59 Å². The molecule has 2 unspecified atom stereocenters. The van der Waals surface area contributed by atoms with Gasteiger partial charge in [0, 0.05) is 12.2 Å². The summed E-state index contributed by atoms with van der Waals surface area (Å²) in [5.74, 6) is 0.227. The summed E-state index contributed by atoms with van der Waals surface area (Å²) in [7, 11) is 5.60. The van der Waals surface area contributed by atoms with Crippen molar-refractivity contribution in [1.82, 2.24) is 10.2 Å². The molecular formula is C17H25N3O3. The molecular weight excluding hydrogens is 294 g/mol. The van der Waals surface area contributed by atoms with E-state index in [4.69, 9.17) is 4.74 Å².